The standard InChI is InChI=1S/C13H21NO2S/c1-5-14(10-11(2)3)17(15,16)13-8-6-12(4)7-9-13/h6-9,11H,5,10H2,1-4H3. The monoisotopic (exact) mass is 255 g/mol. The maximum atomic E-state index is 12.3. The van der Waals surface area contributed by atoms with Crippen LogP contribution in [0.3, 0.4) is 0 Å². The highest BCUT2D eigenvalue weighted by Gasteiger charge is 2.23. The van der Waals surface area contributed by atoms with E-state index in [1.807, 2.05) is 39.8 Å². The van der Waals surface area contributed by atoms with Crippen LogP contribution < -0.4 is 0 Å². The first kappa shape index (κ1) is 14.2. The van der Waals surface area contributed by atoms with Crippen LogP contribution in [0.5, 0.6) is 0 Å². The number of aryl methyl sites for hydroxylation is 1. The van der Waals surface area contributed by atoms with Gasteiger partial charge < -0.3 is 0 Å². The summed E-state index contributed by atoms with van der Waals surface area (Å²) in [5.41, 5.74) is 1.07. The average Bonchev–Trinajstić information content (AvgIpc) is 2.26. The number of nitrogens with zero attached hydrogens (tertiary/aromatic N) is 1. The van der Waals surface area contributed by atoms with Gasteiger partial charge >= 0.3 is 0 Å². The SMILES string of the molecule is CCN(CC(C)C)S(=O)(=O)c1ccc(C)cc1. The van der Waals surface area contributed by atoms with Crippen LogP contribution >= 0.6 is 0 Å². The molecule has 0 unspecified atom stereocenters. The summed E-state index contributed by atoms with van der Waals surface area (Å²) in [4.78, 5) is 0.380. The molecule has 1 rings (SSSR count). The Balaban J connectivity index is 3.04. The summed E-state index contributed by atoms with van der Waals surface area (Å²) in [6, 6.07) is 7.01. The molecule has 4 heteroatoms. The van der Waals surface area contributed by atoms with E-state index in [9.17, 15) is 8.42 Å². The smallest absolute Gasteiger partial charge is 0.207 e. The predicted octanol–water partition coefficient (Wildman–Crippen LogP) is 2.66. The normalized spacial score (nSPS) is 12.4. The molecule has 0 saturated carbocycles. The first-order valence-corrected chi connectivity index (χ1v) is 7.38. The molecule has 0 aromatic heterocycles. The van der Waals surface area contributed by atoms with Crippen molar-refractivity contribution in [3.63, 3.8) is 0 Å². The molecule has 0 aliphatic rings. The summed E-state index contributed by atoms with van der Waals surface area (Å²) < 4.78 is 26.2. The van der Waals surface area contributed by atoms with Gasteiger partial charge in [-0.15, -0.1) is 0 Å². The fourth-order valence-electron chi connectivity index (χ4n) is 1.66. The molecule has 96 valence electrons. The molecule has 1 aromatic rings. The molecule has 3 nitrogen and oxygen atoms in total. The van der Waals surface area contributed by atoms with Crippen molar-refractivity contribution in [3.05, 3.63) is 29.8 Å². The van der Waals surface area contributed by atoms with Crippen LogP contribution in [0.25, 0.3) is 0 Å². The van der Waals surface area contributed by atoms with Crippen molar-refractivity contribution in [2.24, 2.45) is 5.92 Å². The zero-order chi connectivity index (χ0) is 13.1. The van der Waals surface area contributed by atoms with Crippen LogP contribution in [-0.4, -0.2) is 25.8 Å². The molecule has 0 radical (unpaired) electrons. The molecule has 0 spiro atoms. The van der Waals surface area contributed by atoms with E-state index in [0.717, 1.165) is 5.56 Å². The van der Waals surface area contributed by atoms with E-state index in [1.54, 1.807) is 12.1 Å². The number of sulfonamides is 1. The zero-order valence-corrected chi connectivity index (χ0v) is 11.8. The van der Waals surface area contributed by atoms with E-state index in [0.29, 0.717) is 23.9 Å². The molecule has 17 heavy (non-hydrogen) atoms. The van der Waals surface area contributed by atoms with Crippen LogP contribution in [0, 0.1) is 12.8 Å². The Morgan fingerprint density at radius 1 is 1.18 bits per heavy atom. The van der Waals surface area contributed by atoms with Crippen LogP contribution in [0.4, 0.5) is 0 Å². The molecule has 0 fully saturated rings. The minimum absolute atomic E-state index is 0.329. The molecule has 0 atom stereocenters. The Hall–Kier alpha value is -0.870. The Morgan fingerprint density at radius 2 is 1.71 bits per heavy atom. The van der Waals surface area contributed by atoms with Crippen LogP contribution in [-0.2, 0) is 10.0 Å². The molecule has 0 N–H and O–H groups in total. The lowest BCUT2D eigenvalue weighted by atomic mass is 10.2. The van der Waals surface area contributed by atoms with Gasteiger partial charge in [0.25, 0.3) is 0 Å². The lowest BCUT2D eigenvalue weighted by molar-refractivity contribution is 0.381. The second-order valence-corrected chi connectivity index (χ2v) is 6.60. The van der Waals surface area contributed by atoms with Crippen LogP contribution in [0.2, 0.25) is 0 Å². The Labute approximate surface area is 105 Å². The predicted molar refractivity (Wildman–Crippen MR) is 70.4 cm³/mol. The number of benzene rings is 1. The van der Waals surface area contributed by atoms with E-state index in [1.165, 1.54) is 4.31 Å². The third-order valence-corrected chi connectivity index (χ3v) is 4.54. The van der Waals surface area contributed by atoms with E-state index in [4.69, 9.17) is 0 Å². The van der Waals surface area contributed by atoms with E-state index < -0.39 is 10.0 Å². The zero-order valence-electron chi connectivity index (χ0n) is 11.0. The minimum Gasteiger partial charge on any atom is -0.207 e. The molecule has 0 aliphatic carbocycles. The Morgan fingerprint density at radius 3 is 2.12 bits per heavy atom. The van der Waals surface area contributed by atoms with Gasteiger partial charge in [-0.25, -0.2) is 8.42 Å². The summed E-state index contributed by atoms with van der Waals surface area (Å²) >= 11 is 0. The van der Waals surface area contributed by atoms with Gasteiger partial charge in [0.1, 0.15) is 0 Å². The Bertz CT molecular complexity index is 449. The van der Waals surface area contributed by atoms with Crippen molar-refractivity contribution >= 4 is 10.0 Å². The van der Waals surface area contributed by atoms with Crippen LogP contribution in [0.1, 0.15) is 26.3 Å². The first-order valence-electron chi connectivity index (χ1n) is 5.94. The van der Waals surface area contributed by atoms with Gasteiger partial charge in [-0.05, 0) is 25.0 Å². The highest BCUT2D eigenvalue weighted by molar-refractivity contribution is 7.89. The topological polar surface area (TPSA) is 37.4 Å². The second-order valence-electron chi connectivity index (χ2n) is 4.66. The van der Waals surface area contributed by atoms with Gasteiger partial charge in [0.15, 0.2) is 0 Å². The van der Waals surface area contributed by atoms with Crippen LogP contribution in [0.15, 0.2) is 29.2 Å². The highest BCUT2D eigenvalue weighted by atomic mass is 32.2. The number of rotatable bonds is 5. The van der Waals surface area contributed by atoms with Crippen molar-refractivity contribution < 1.29 is 8.42 Å². The summed E-state index contributed by atoms with van der Waals surface area (Å²) in [7, 11) is -3.33. The molecule has 0 bridgehead atoms. The van der Waals surface area contributed by atoms with Gasteiger partial charge in [-0.1, -0.05) is 38.5 Å². The summed E-state index contributed by atoms with van der Waals surface area (Å²) in [5, 5.41) is 0. The summed E-state index contributed by atoms with van der Waals surface area (Å²) in [5.74, 6) is 0.329. The first-order chi connectivity index (χ1) is 7.87. The molecule has 0 heterocycles. The lowest BCUT2D eigenvalue weighted by Gasteiger charge is -2.22. The van der Waals surface area contributed by atoms with Gasteiger partial charge in [-0.2, -0.15) is 4.31 Å². The van der Waals surface area contributed by atoms with Crippen molar-refractivity contribution in [2.75, 3.05) is 13.1 Å². The lowest BCUT2D eigenvalue weighted by Crippen LogP contribution is -2.34. The second kappa shape index (κ2) is 5.65. The van der Waals surface area contributed by atoms with Gasteiger partial charge in [0.05, 0.1) is 4.90 Å². The Kier molecular flexibility index (Phi) is 4.71. The maximum Gasteiger partial charge on any atom is 0.243 e. The van der Waals surface area contributed by atoms with Gasteiger partial charge in [-0.3, -0.25) is 0 Å². The van der Waals surface area contributed by atoms with Crippen molar-refractivity contribution in [3.8, 4) is 0 Å². The summed E-state index contributed by atoms with van der Waals surface area (Å²) in [6.45, 7) is 8.93. The molecular weight excluding hydrogens is 234 g/mol. The van der Waals surface area contributed by atoms with Crippen molar-refractivity contribution in [1.82, 2.24) is 4.31 Å². The largest absolute Gasteiger partial charge is 0.243 e. The minimum atomic E-state index is -3.33. The number of hydrogen-bond acceptors (Lipinski definition) is 2. The fraction of sp³-hybridized carbons (Fsp3) is 0.538. The quantitative estimate of drug-likeness (QED) is 0.811. The summed E-state index contributed by atoms with van der Waals surface area (Å²) in [6.07, 6.45) is 0. The van der Waals surface area contributed by atoms with Gasteiger partial charge in [0, 0.05) is 13.1 Å². The van der Waals surface area contributed by atoms with Crippen molar-refractivity contribution in [1.29, 1.82) is 0 Å². The van der Waals surface area contributed by atoms with E-state index >= 15 is 0 Å². The molecular formula is C13H21NO2S. The molecule has 1 aromatic carbocycles. The average molecular weight is 255 g/mol. The van der Waals surface area contributed by atoms with E-state index in [2.05, 4.69) is 0 Å². The highest BCUT2D eigenvalue weighted by Crippen LogP contribution is 2.17. The van der Waals surface area contributed by atoms with E-state index in [-0.39, 0.29) is 0 Å². The third-order valence-electron chi connectivity index (χ3n) is 2.58. The molecule has 0 saturated heterocycles. The van der Waals surface area contributed by atoms with Crippen molar-refractivity contribution in [2.45, 2.75) is 32.6 Å². The maximum absolute atomic E-state index is 12.3. The molecule has 0 aliphatic heterocycles. The fourth-order valence-corrected chi connectivity index (χ4v) is 3.28. The van der Waals surface area contributed by atoms with Gasteiger partial charge in [0.2, 0.25) is 10.0 Å². The third kappa shape index (κ3) is 3.54. The molecule has 0 amide bonds. The number of hydrogen-bond donors (Lipinski definition) is 0.